The number of rotatable bonds is 7. The first-order valence-electron chi connectivity index (χ1n) is 11.0. The first kappa shape index (κ1) is 22.8. The number of hydrogen-bond acceptors (Lipinski definition) is 3. The molecule has 0 spiro atoms. The molecule has 0 aliphatic carbocycles. The van der Waals surface area contributed by atoms with Crippen molar-refractivity contribution >= 4 is 28.4 Å². The number of benzene rings is 4. The second-order valence-corrected chi connectivity index (χ2v) is 7.75. The maximum absolute atomic E-state index is 13.8. The quantitative estimate of drug-likeness (QED) is 0.258. The fraction of sp³-hybridized carbons (Fsp3) is 0.103. The molecule has 0 radical (unpaired) electrons. The summed E-state index contributed by atoms with van der Waals surface area (Å²) in [6.45, 7) is 2.45. The third-order valence-electron chi connectivity index (χ3n) is 5.42. The van der Waals surface area contributed by atoms with Crippen molar-refractivity contribution in [3.05, 3.63) is 113 Å². The van der Waals surface area contributed by atoms with Crippen LogP contribution in [0.1, 0.15) is 23.6 Å². The molecule has 34 heavy (non-hydrogen) atoms. The van der Waals surface area contributed by atoms with Crippen molar-refractivity contribution < 1.29 is 13.9 Å². The monoisotopic (exact) mass is 450 g/mol. The number of carbonyl (C=O) groups excluding carboxylic acids is 1. The van der Waals surface area contributed by atoms with E-state index in [1.54, 1.807) is 36.4 Å². The van der Waals surface area contributed by atoms with Crippen LogP contribution in [0.4, 0.5) is 10.1 Å². The number of halogens is 1. The first-order chi connectivity index (χ1) is 16.6. The van der Waals surface area contributed by atoms with Gasteiger partial charge in [0.15, 0.2) is 0 Å². The van der Waals surface area contributed by atoms with Crippen LogP contribution in [0.15, 0.2) is 90.5 Å². The van der Waals surface area contributed by atoms with Crippen molar-refractivity contribution in [3.8, 4) is 11.8 Å². The van der Waals surface area contributed by atoms with Crippen molar-refractivity contribution in [3.63, 3.8) is 0 Å². The molecule has 5 heteroatoms. The summed E-state index contributed by atoms with van der Waals surface area (Å²) >= 11 is 0. The van der Waals surface area contributed by atoms with Crippen LogP contribution in [0.25, 0.3) is 16.8 Å². The van der Waals surface area contributed by atoms with E-state index in [9.17, 15) is 14.4 Å². The standard InChI is InChI=1S/C29H23FN2O2/c1-2-34-26-14-12-25(13-15-26)32-29(33)23(19-31)18-28-22(16-20-6-5-8-24(30)17-20)11-10-21-7-3-4-9-27(21)28/h3-15,17-18H,2,16H2,1H3,(H,32,33)/b23-18+. The lowest BCUT2D eigenvalue weighted by molar-refractivity contribution is -0.112. The van der Waals surface area contributed by atoms with E-state index in [0.717, 1.165) is 27.5 Å². The molecule has 0 heterocycles. The van der Waals surface area contributed by atoms with Crippen LogP contribution in [0.2, 0.25) is 0 Å². The Morgan fingerprint density at radius 3 is 2.56 bits per heavy atom. The van der Waals surface area contributed by atoms with E-state index in [2.05, 4.69) is 5.32 Å². The van der Waals surface area contributed by atoms with E-state index in [4.69, 9.17) is 4.74 Å². The van der Waals surface area contributed by atoms with Gasteiger partial charge in [-0.15, -0.1) is 0 Å². The number of hydrogen-bond donors (Lipinski definition) is 1. The molecule has 0 aliphatic heterocycles. The molecule has 4 nitrogen and oxygen atoms in total. The number of nitrogens with zero attached hydrogens (tertiary/aromatic N) is 1. The number of ether oxygens (including phenoxy) is 1. The highest BCUT2D eigenvalue weighted by molar-refractivity contribution is 6.11. The molecule has 0 bridgehead atoms. The molecule has 0 fully saturated rings. The van der Waals surface area contributed by atoms with Gasteiger partial charge in [0.2, 0.25) is 0 Å². The molecule has 4 rings (SSSR count). The zero-order valence-electron chi connectivity index (χ0n) is 18.7. The summed E-state index contributed by atoms with van der Waals surface area (Å²) in [5.41, 5.74) is 3.01. The molecular formula is C29H23FN2O2. The minimum Gasteiger partial charge on any atom is -0.494 e. The Kier molecular flexibility index (Phi) is 7.00. The van der Waals surface area contributed by atoms with E-state index in [1.165, 1.54) is 12.1 Å². The summed E-state index contributed by atoms with van der Waals surface area (Å²) in [6.07, 6.45) is 2.08. The smallest absolute Gasteiger partial charge is 0.266 e. The molecule has 0 saturated heterocycles. The molecule has 4 aromatic carbocycles. The third kappa shape index (κ3) is 5.31. The van der Waals surface area contributed by atoms with Crippen molar-refractivity contribution in [2.45, 2.75) is 13.3 Å². The Balaban J connectivity index is 1.70. The van der Waals surface area contributed by atoms with Crippen molar-refractivity contribution in [1.82, 2.24) is 0 Å². The Bertz CT molecular complexity index is 1400. The first-order valence-corrected chi connectivity index (χ1v) is 11.0. The highest BCUT2D eigenvalue weighted by Gasteiger charge is 2.14. The Morgan fingerprint density at radius 2 is 1.82 bits per heavy atom. The van der Waals surface area contributed by atoms with E-state index in [-0.39, 0.29) is 11.4 Å². The van der Waals surface area contributed by atoms with Gasteiger partial charge in [-0.2, -0.15) is 5.26 Å². The number of amides is 1. The number of nitrogens with one attached hydrogen (secondary N) is 1. The fourth-order valence-corrected chi connectivity index (χ4v) is 3.82. The lowest BCUT2D eigenvalue weighted by atomic mass is 9.93. The zero-order chi connectivity index (χ0) is 23.9. The maximum Gasteiger partial charge on any atom is 0.266 e. The van der Waals surface area contributed by atoms with E-state index < -0.39 is 5.91 Å². The summed E-state index contributed by atoms with van der Waals surface area (Å²) in [6, 6.07) is 27.2. The number of fused-ring (bicyclic) bond motifs is 1. The van der Waals surface area contributed by atoms with Crippen LogP contribution in [0, 0.1) is 17.1 Å². The van der Waals surface area contributed by atoms with Crippen LogP contribution in [-0.4, -0.2) is 12.5 Å². The van der Waals surface area contributed by atoms with Gasteiger partial charge in [0.05, 0.1) is 6.61 Å². The summed E-state index contributed by atoms with van der Waals surface area (Å²) in [4.78, 5) is 12.9. The Morgan fingerprint density at radius 1 is 1.03 bits per heavy atom. The van der Waals surface area contributed by atoms with Crippen LogP contribution >= 0.6 is 0 Å². The van der Waals surface area contributed by atoms with Gasteiger partial charge in [-0.25, -0.2) is 4.39 Å². The summed E-state index contributed by atoms with van der Waals surface area (Å²) in [7, 11) is 0. The number of nitriles is 1. The predicted molar refractivity (Wildman–Crippen MR) is 133 cm³/mol. The molecule has 0 aromatic heterocycles. The molecular weight excluding hydrogens is 427 g/mol. The van der Waals surface area contributed by atoms with Gasteiger partial charge in [-0.05, 0) is 83.3 Å². The van der Waals surface area contributed by atoms with E-state index in [1.807, 2.05) is 55.5 Å². The molecule has 168 valence electrons. The highest BCUT2D eigenvalue weighted by Crippen LogP contribution is 2.27. The van der Waals surface area contributed by atoms with Crippen LogP contribution in [0.3, 0.4) is 0 Å². The van der Waals surface area contributed by atoms with Crippen molar-refractivity contribution in [1.29, 1.82) is 5.26 Å². The van der Waals surface area contributed by atoms with Crippen LogP contribution in [-0.2, 0) is 11.2 Å². The minimum atomic E-state index is -0.503. The summed E-state index contributed by atoms with van der Waals surface area (Å²) < 4.78 is 19.2. The molecule has 1 amide bonds. The van der Waals surface area contributed by atoms with Gasteiger partial charge >= 0.3 is 0 Å². The lowest BCUT2D eigenvalue weighted by Crippen LogP contribution is -2.13. The van der Waals surface area contributed by atoms with Crippen LogP contribution < -0.4 is 10.1 Å². The molecule has 0 atom stereocenters. The lowest BCUT2D eigenvalue weighted by Gasteiger charge is -2.12. The molecule has 0 saturated carbocycles. The SMILES string of the molecule is CCOc1ccc(NC(=O)/C(C#N)=C/c2c(Cc3cccc(F)c3)ccc3ccccc23)cc1. The van der Waals surface area contributed by atoms with E-state index >= 15 is 0 Å². The van der Waals surface area contributed by atoms with Gasteiger partial charge < -0.3 is 10.1 Å². The highest BCUT2D eigenvalue weighted by atomic mass is 19.1. The minimum absolute atomic E-state index is 0.0225. The number of anilines is 1. The predicted octanol–water partition coefficient (Wildman–Crippen LogP) is 6.51. The van der Waals surface area contributed by atoms with Gasteiger partial charge in [0, 0.05) is 5.69 Å². The van der Waals surface area contributed by atoms with Gasteiger partial charge in [-0.1, -0.05) is 48.5 Å². The van der Waals surface area contributed by atoms with Crippen molar-refractivity contribution in [2.24, 2.45) is 0 Å². The molecule has 1 N–H and O–H groups in total. The second kappa shape index (κ2) is 10.5. The second-order valence-electron chi connectivity index (χ2n) is 7.75. The van der Waals surface area contributed by atoms with Crippen LogP contribution in [0.5, 0.6) is 5.75 Å². The molecule has 4 aromatic rings. The fourth-order valence-electron chi connectivity index (χ4n) is 3.82. The average Bonchev–Trinajstić information content (AvgIpc) is 2.84. The molecule has 0 unspecified atom stereocenters. The summed E-state index contributed by atoms with van der Waals surface area (Å²) in [5.74, 6) is -0.103. The average molecular weight is 451 g/mol. The largest absolute Gasteiger partial charge is 0.494 e. The molecule has 0 aliphatic rings. The number of carbonyl (C=O) groups is 1. The van der Waals surface area contributed by atoms with Gasteiger partial charge in [0.25, 0.3) is 5.91 Å². The van der Waals surface area contributed by atoms with E-state index in [0.29, 0.717) is 24.5 Å². The van der Waals surface area contributed by atoms with Gasteiger partial charge in [0.1, 0.15) is 23.2 Å². The Labute approximate surface area is 197 Å². The van der Waals surface area contributed by atoms with Crippen molar-refractivity contribution in [2.75, 3.05) is 11.9 Å². The zero-order valence-corrected chi connectivity index (χ0v) is 18.7. The third-order valence-corrected chi connectivity index (χ3v) is 5.42. The maximum atomic E-state index is 13.8. The normalized spacial score (nSPS) is 11.1. The topological polar surface area (TPSA) is 62.1 Å². The Hall–Kier alpha value is -4.43. The van der Waals surface area contributed by atoms with Gasteiger partial charge in [-0.3, -0.25) is 4.79 Å². The summed E-state index contributed by atoms with van der Waals surface area (Å²) in [5, 5.41) is 14.5.